The van der Waals surface area contributed by atoms with Crippen LogP contribution in [0, 0.1) is 5.92 Å². The molecule has 0 saturated carbocycles. The molecule has 0 aromatic carbocycles. The number of allylic oxidation sites excluding steroid dienone is 2. The number of nitrogens with zero attached hydrogens (tertiary/aromatic N) is 1. The van der Waals surface area contributed by atoms with Crippen LogP contribution in [0.3, 0.4) is 0 Å². The summed E-state index contributed by atoms with van der Waals surface area (Å²) in [5, 5.41) is 0. The van der Waals surface area contributed by atoms with Crippen LogP contribution in [0.25, 0.3) is 0 Å². The SMILES string of the molecule is CN1C=CC2C(C(=O)CN)=CC=CC21. The van der Waals surface area contributed by atoms with Gasteiger partial charge in [0.1, 0.15) is 0 Å². The van der Waals surface area contributed by atoms with Crippen LogP contribution in [-0.2, 0) is 4.79 Å². The second-order valence-electron chi connectivity index (χ2n) is 3.66. The van der Waals surface area contributed by atoms with Crippen molar-refractivity contribution in [3.63, 3.8) is 0 Å². The zero-order valence-electron chi connectivity index (χ0n) is 8.18. The van der Waals surface area contributed by atoms with Gasteiger partial charge in [-0.05, 0) is 6.20 Å². The summed E-state index contributed by atoms with van der Waals surface area (Å²) in [6.45, 7) is 0.0977. The van der Waals surface area contributed by atoms with Gasteiger partial charge in [-0.3, -0.25) is 4.79 Å². The second-order valence-corrected chi connectivity index (χ2v) is 3.66. The Hall–Kier alpha value is -1.35. The van der Waals surface area contributed by atoms with Crippen LogP contribution in [0.4, 0.5) is 0 Å². The highest BCUT2D eigenvalue weighted by atomic mass is 16.1. The Balaban J connectivity index is 2.27. The van der Waals surface area contributed by atoms with Crippen molar-refractivity contribution in [2.75, 3.05) is 13.6 Å². The highest BCUT2D eigenvalue weighted by Gasteiger charge is 2.31. The first-order chi connectivity index (χ1) is 6.74. The predicted octanol–water partition coefficient (Wildman–Crippen LogP) is 0.454. The molecular formula is C11H14N2O. The first-order valence-electron chi connectivity index (χ1n) is 4.76. The van der Waals surface area contributed by atoms with Gasteiger partial charge in [-0.2, -0.15) is 0 Å². The average molecular weight is 190 g/mol. The van der Waals surface area contributed by atoms with Gasteiger partial charge in [0.2, 0.25) is 0 Å². The van der Waals surface area contributed by atoms with Crippen molar-refractivity contribution in [3.05, 3.63) is 36.1 Å². The van der Waals surface area contributed by atoms with Crippen molar-refractivity contribution >= 4 is 5.78 Å². The minimum atomic E-state index is 0.0456. The summed E-state index contributed by atoms with van der Waals surface area (Å²) in [6.07, 6.45) is 10.0. The normalized spacial score (nSPS) is 29.0. The highest BCUT2D eigenvalue weighted by Crippen LogP contribution is 2.30. The van der Waals surface area contributed by atoms with Crippen LogP contribution in [0.2, 0.25) is 0 Å². The molecule has 0 saturated heterocycles. The monoisotopic (exact) mass is 190 g/mol. The molecule has 0 amide bonds. The number of carbonyl (C=O) groups excluding carboxylic acids is 1. The van der Waals surface area contributed by atoms with Gasteiger partial charge in [-0.1, -0.05) is 24.3 Å². The van der Waals surface area contributed by atoms with E-state index in [2.05, 4.69) is 17.1 Å². The molecule has 1 heterocycles. The van der Waals surface area contributed by atoms with Gasteiger partial charge in [0.05, 0.1) is 12.6 Å². The van der Waals surface area contributed by atoms with E-state index in [-0.39, 0.29) is 18.2 Å². The van der Waals surface area contributed by atoms with E-state index < -0.39 is 0 Å². The van der Waals surface area contributed by atoms with Gasteiger partial charge in [0.15, 0.2) is 5.78 Å². The topological polar surface area (TPSA) is 46.3 Å². The molecule has 0 aromatic rings. The molecule has 1 aliphatic carbocycles. The molecule has 2 rings (SSSR count). The van der Waals surface area contributed by atoms with Crippen molar-refractivity contribution < 1.29 is 4.79 Å². The lowest BCUT2D eigenvalue weighted by atomic mass is 9.86. The molecule has 0 spiro atoms. The van der Waals surface area contributed by atoms with Gasteiger partial charge in [-0.15, -0.1) is 0 Å². The Kier molecular flexibility index (Phi) is 2.25. The number of hydrogen-bond donors (Lipinski definition) is 1. The van der Waals surface area contributed by atoms with Crippen LogP contribution < -0.4 is 5.73 Å². The van der Waals surface area contributed by atoms with Gasteiger partial charge in [-0.25, -0.2) is 0 Å². The van der Waals surface area contributed by atoms with Gasteiger partial charge >= 0.3 is 0 Å². The average Bonchev–Trinajstić information content (AvgIpc) is 2.59. The number of ketones is 1. The molecule has 0 bridgehead atoms. The van der Waals surface area contributed by atoms with E-state index in [1.807, 2.05) is 25.4 Å². The molecule has 14 heavy (non-hydrogen) atoms. The first kappa shape index (κ1) is 9.21. The van der Waals surface area contributed by atoms with Crippen LogP contribution >= 0.6 is 0 Å². The maximum Gasteiger partial charge on any atom is 0.173 e. The molecule has 1 aliphatic heterocycles. The third-order valence-corrected chi connectivity index (χ3v) is 2.82. The highest BCUT2D eigenvalue weighted by molar-refractivity contribution is 5.98. The first-order valence-corrected chi connectivity index (χ1v) is 4.76. The summed E-state index contributed by atoms with van der Waals surface area (Å²) in [6, 6.07) is 0.297. The second kappa shape index (κ2) is 3.42. The summed E-state index contributed by atoms with van der Waals surface area (Å²) < 4.78 is 0. The van der Waals surface area contributed by atoms with Gasteiger partial charge < -0.3 is 10.6 Å². The number of rotatable bonds is 2. The maximum absolute atomic E-state index is 11.5. The minimum absolute atomic E-state index is 0.0456. The fraction of sp³-hybridized carbons (Fsp3) is 0.364. The lowest BCUT2D eigenvalue weighted by Crippen LogP contribution is -2.32. The Morgan fingerprint density at radius 2 is 2.36 bits per heavy atom. The predicted molar refractivity (Wildman–Crippen MR) is 55.5 cm³/mol. The number of nitrogens with two attached hydrogens (primary N) is 1. The van der Waals surface area contributed by atoms with Crippen LogP contribution in [0.5, 0.6) is 0 Å². The third-order valence-electron chi connectivity index (χ3n) is 2.82. The van der Waals surface area contributed by atoms with Crippen LogP contribution in [0.15, 0.2) is 36.1 Å². The van der Waals surface area contributed by atoms with E-state index in [9.17, 15) is 4.79 Å². The Morgan fingerprint density at radius 3 is 3.07 bits per heavy atom. The molecule has 3 nitrogen and oxygen atoms in total. The molecule has 2 aliphatic rings. The molecule has 0 aromatic heterocycles. The molecule has 74 valence electrons. The molecule has 2 unspecified atom stereocenters. The summed E-state index contributed by atoms with van der Waals surface area (Å²) in [7, 11) is 2.02. The Bertz CT molecular complexity index is 341. The molecule has 2 atom stereocenters. The van der Waals surface area contributed by atoms with E-state index >= 15 is 0 Å². The molecular weight excluding hydrogens is 176 g/mol. The van der Waals surface area contributed by atoms with E-state index in [0.717, 1.165) is 5.57 Å². The molecule has 2 N–H and O–H groups in total. The van der Waals surface area contributed by atoms with Crippen molar-refractivity contribution in [3.8, 4) is 0 Å². The smallest absolute Gasteiger partial charge is 0.173 e. The van der Waals surface area contributed by atoms with Crippen LogP contribution in [-0.4, -0.2) is 30.3 Å². The van der Waals surface area contributed by atoms with E-state index in [0.29, 0.717) is 6.04 Å². The van der Waals surface area contributed by atoms with E-state index in [4.69, 9.17) is 5.73 Å². The summed E-state index contributed by atoms with van der Waals surface area (Å²) >= 11 is 0. The number of hydrogen-bond acceptors (Lipinski definition) is 3. The van der Waals surface area contributed by atoms with Crippen molar-refractivity contribution in [2.24, 2.45) is 11.7 Å². The fourth-order valence-corrected chi connectivity index (χ4v) is 2.02. The Labute approximate surface area is 83.6 Å². The van der Waals surface area contributed by atoms with E-state index in [1.165, 1.54) is 0 Å². The van der Waals surface area contributed by atoms with Crippen molar-refractivity contribution in [2.45, 2.75) is 6.04 Å². The maximum atomic E-state index is 11.5. The molecule has 3 heteroatoms. The molecule has 0 fully saturated rings. The van der Waals surface area contributed by atoms with Gasteiger partial charge in [0, 0.05) is 18.5 Å². The van der Waals surface area contributed by atoms with Gasteiger partial charge in [0.25, 0.3) is 0 Å². The molecule has 0 radical (unpaired) electrons. The summed E-state index contributed by atoms with van der Waals surface area (Å²) in [5.74, 6) is 0.241. The van der Waals surface area contributed by atoms with Crippen molar-refractivity contribution in [1.29, 1.82) is 0 Å². The third kappa shape index (κ3) is 1.30. The quantitative estimate of drug-likeness (QED) is 0.688. The number of carbonyl (C=O) groups is 1. The Morgan fingerprint density at radius 1 is 1.57 bits per heavy atom. The summed E-state index contributed by atoms with van der Waals surface area (Å²) in [5.41, 5.74) is 6.20. The standard InChI is InChI=1S/C11H14N2O/c1-13-6-5-8-9(11(14)7-12)3-2-4-10(8)13/h2-6,8,10H,7,12H2,1H3. The lowest BCUT2D eigenvalue weighted by Gasteiger charge is -2.26. The minimum Gasteiger partial charge on any atom is -0.373 e. The van der Waals surface area contributed by atoms with Crippen molar-refractivity contribution in [1.82, 2.24) is 4.90 Å². The summed E-state index contributed by atoms with van der Waals surface area (Å²) in [4.78, 5) is 13.6. The lowest BCUT2D eigenvalue weighted by molar-refractivity contribution is -0.114. The van der Waals surface area contributed by atoms with Crippen LogP contribution in [0.1, 0.15) is 0 Å². The van der Waals surface area contributed by atoms with E-state index in [1.54, 1.807) is 0 Å². The number of likely N-dealkylation sites (N-methyl/N-ethyl adjacent to an activating group) is 1. The zero-order valence-corrected chi connectivity index (χ0v) is 8.18. The zero-order chi connectivity index (χ0) is 10.1. The number of fused-ring (bicyclic) bond motifs is 1. The largest absolute Gasteiger partial charge is 0.373 e. The fourth-order valence-electron chi connectivity index (χ4n) is 2.02. The number of Topliss-reactive ketones (excluding diaryl/α,β-unsaturated/α-hetero) is 1.